The third-order valence-electron chi connectivity index (χ3n) is 6.20. The highest BCUT2D eigenvalue weighted by atomic mass is 35.5. The van der Waals surface area contributed by atoms with E-state index >= 15 is 0 Å². The molecule has 1 N–H and O–H groups in total. The Morgan fingerprint density at radius 3 is 2.52 bits per heavy atom. The molecule has 1 aliphatic carbocycles. The number of halogens is 2. The van der Waals surface area contributed by atoms with Crippen LogP contribution >= 0.6 is 35.0 Å². The van der Waals surface area contributed by atoms with Crippen LogP contribution in [0.4, 0.5) is 0 Å². The minimum Gasteiger partial charge on any atom is -0.352 e. The topological polar surface area (TPSA) is 49.4 Å². The first-order valence-corrected chi connectivity index (χ1v) is 13.4. The summed E-state index contributed by atoms with van der Waals surface area (Å²) in [6.07, 6.45) is 5.57. The summed E-state index contributed by atoms with van der Waals surface area (Å²) < 4.78 is 0. The Labute approximate surface area is 211 Å². The summed E-state index contributed by atoms with van der Waals surface area (Å²) in [6, 6.07) is 13.2. The standard InChI is InChI=1S/C26H32Cl2N2O2S/c1-18-8-6-7-9-21(18)15-30(19(2)26(32)29-22-10-4-3-5-11-22)25(31)17-33-16-20-12-13-23(27)24(28)14-20/h6-9,12-14,19,22H,3-5,10-11,15-17H2,1-2H3,(H,29,32). The van der Waals surface area contributed by atoms with Crippen molar-refractivity contribution in [3.63, 3.8) is 0 Å². The van der Waals surface area contributed by atoms with Gasteiger partial charge >= 0.3 is 0 Å². The first-order valence-electron chi connectivity index (χ1n) is 11.5. The zero-order chi connectivity index (χ0) is 23.8. The minimum absolute atomic E-state index is 0.0467. The Morgan fingerprint density at radius 1 is 1.09 bits per heavy atom. The number of hydrogen-bond acceptors (Lipinski definition) is 3. The van der Waals surface area contributed by atoms with Gasteiger partial charge in [-0.1, -0.05) is 72.8 Å². The maximum absolute atomic E-state index is 13.3. The fraction of sp³-hybridized carbons (Fsp3) is 0.462. The van der Waals surface area contributed by atoms with Gasteiger partial charge in [0.2, 0.25) is 11.8 Å². The monoisotopic (exact) mass is 506 g/mol. The van der Waals surface area contributed by atoms with Gasteiger partial charge in [-0.2, -0.15) is 0 Å². The average Bonchev–Trinajstić information content (AvgIpc) is 2.81. The predicted octanol–water partition coefficient (Wildman–Crippen LogP) is 6.40. The number of aryl methyl sites for hydroxylation is 1. The summed E-state index contributed by atoms with van der Waals surface area (Å²) in [6.45, 7) is 4.28. The molecule has 1 aliphatic rings. The SMILES string of the molecule is Cc1ccccc1CN(C(=O)CSCc1ccc(Cl)c(Cl)c1)C(C)C(=O)NC1CCCCC1. The van der Waals surface area contributed by atoms with E-state index in [1.165, 1.54) is 18.2 Å². The third kappa shape index (κ3) is 7.66. The van der Waals surface area contributed by atoms with E-state index in [9.17, 15) is 9.59 Å². The molecule has 178 valence electrons. The number of nitrogens with zero attached hydrogens (tertiary/aromatic N) is 1. The number of amides is 2. The molecule has 1 atom stereocenters. The summed E-state index contributed by atoms with van der Waals surface area (Å²) in [5.41, 5.74) is 3.17. The molecule has 1 saturated carbocycles. The van der Waals surface area contributed by atoms with Gasteiger partial charge in [-0.05, 0) is 55.5 Å². The normalized spacial score (nSPS) is 15.2. The quantitative estimate of drug-likeness (QED) is 0.427. The summed E-state index contributed by atoms with van der Waals surface area (Å²) in [5, 5.41) is 4.21. The highest BCUT2D eigenvalue weighted by Crippen LogP contribution is 2.25. The van der Waals surface area contributed by atoms with Crippen LogP contribution in [0, 0.1) is 6.92 Å². The van der Waals surface area contributed by atoms with Crippen molar-refractivity contribution < 1.29 is 9.59 Å². The third-order valence-corrected chi connectivity index (χ3v) is 7.93. The van der Waals surface area contributed by atoms with Crippen molar-refractivity contribution in [2.45, 2.75) is 70.3 Å². The zero-order valence-corrected chi connectivity index (χ0v) is 21.6. The van der Waals surface area contributed by atoms with E-state index in [0.29, 0.717) is 22.3 Å². The smallest absolute Gasteiger partial charge is 0.242 e. The molecule has 3 rings (SSSR count). The highest BCUT2D eigenvalue weighted by molar-refractivity contribution is 7.99. The van der Waals surface area contributed by atoms with E-state index in [4.69, 9.17) is 23.2 Å². The highest BCUT2D eigenvalue weighted by Gasteiger charge is 2.28. The molecule has 7 heteroatoms. The average molecular weight is 508 g/mol. The van der Waals surface area contributed by atoms with Crippen molar-refractivity contribution in [2.24, 2.45) is 0 Å². The van der Waals surface area contributed by atoms with E-state index in [2.05, 4.69) is 5.32 Å². The van der Waals surface area contributed by atoms with Gasteiger partial charge in [-0.15, -0.1) is 11.8 Å². The van der Waals surface area contributed by atoms with Crippen LogP contribution in [0.5, 0.6) is 0 Å². The molecule has 2 amide bonds. The van der Waals surface area contributed by atoms with Gasteiger partial charge in [0.25, 0.3) is 0 Å². The van der Waals surface area contributed by atoms with Gasteiger partial charge in [0.1, 0.15) is 6.04 Å². The molecule has 1 unspecified atom stereocenters. The Bertz CT molecular complexity index is 963. The number of carbonyl (C=O) groups excluding carboxylic acids is 2. The largest absolute Gasteiger partial charge is 0.352 e. The van der Waals surface area contributed by atoms with E-state index in [1.807, 2.05) is 50.2 Å². The Morgan fingerprint density at radius 2 is 1.82 bits per heavy atom. The summed E-state index contributed by atoms with van der Waals surface area (Å²) >= 11 is 13.6. The lowest BCUT2D eigenvalue weighted by molar-refractivity contribution is -0.139. The number of hydrogen-bond donors (Lipinski definition) is 1. The molecular formula is C26H32Cl2N2O2S. The number of benzene rings is 2. The number of carbonyl (C=O) groups is 2. The van der Waals surface area contributed by atoms with Crippen LogP contribution in [-0.4, -0.2) is 34.6 Å². The van der Waals surface area contributed by atoms with Crippen LogP contribution in [0.15, 0.2) is 42.5 Å². The van der Waals surface area contributed by atoms with Crippen molar-refractivity contribution in [1.82, 2.24) is 10.2 Å². The van der Waals surface area contributed by atoms with Gasteiger partial charge in [-0.3, -0.25) is 9.59 Å². The number of nitrogens with one attached hydrogen (secondary N) is 1. The fourth-order valence-corrected chi connectivity index (χ4v) is 5.27. The molecule has 0 bridgehead atoms. The van der Waals surface area contributed by atoms with E-state index in [-0.39, 0.29) is 23.6 Å². The lowest BCUT2D eigenvalue weighted by Gasteiger charge is -2.31. The van der Waals surface area contributed by atoms with Crippen molar-refractivity contribution in [3.8, 4) is 0 Å². The molecule has 4 nitrogen and oxygen atoms in total. The summed E-state index contributed by atoms with van der Waals surface area (Å²) in [4.78, 5) is 28.1. The van der Waals surface area contributed by atoms with Crippen molar-refractivity contribution in [3.05, 3.63) is 69.2 Å². The molecule has 2 aromatic carbocycles. The van der Waals surface area contributed by atoms with E-state index in [1.54, 1.807) is 11.0 Å². The van der Waals surface area contributed by atoms with E-state index < -0.39 is 6.04 Å². The second-order valence-electron chi connectivity index (χ2n) is 8.71. The second-order valence-corrected chi connectivity index (χ2v) is 10.5. The number of thioether (sulfide) groups is 1. The summed E-state index contributed by atoms with van der Waals surface area (Å²) in [7, 11) is 0. The first kappa shape index (κ1) is 25.9. The van der Waals surface area contributed by atoms with Crippen molar-refractivity contribution in [1.29, 1.82) is 0 Å². The molecule has 0 saturated heterocycles. The van der Waals surface area contributed by atoms with Crippen LogP contribution in [-0.2, 0) is 21.9 Å². The molecule has 1 fully saturated rings. The van der Waals surface area contributed by atoms with Crippen LogP contribution in [0.1, 0.15) is 55.7 Å². The van der Waals surface area contributed by atoms with Crippen LogP contribution in [0.25, 0.3) is 0 Å². The van der Waals surface area contributed by atoms with Gasteiger partial charge < -0.3 is 10.2 Å². The van der Waals surface area contributed by atoms with Crippen molar-refractivity contribution in [2.75, 3.05) is 5.75 Å². The molecule has 0 aliphatic heterocycles. The zero-order valence-electron chi connectivity index (χ0n) is 19.3. The summed E-state index contributed by atoms with van der Waals surface area (Å²) in [5.74, 6) is 0.810. The van der Waals surface area contributed by atoms with Crippen molar-refractivity contribution >= 4 is 46.8 Å². The minimum atomic E-state index is -0.537. The maximum Gasteiger partial charge on any atom is 0.242 e. The second kappa shape index (κ2) is 12.7. The van der Waals surface area contributed by atoms with Gasteiger partial charge in [-0.25, -0.2) is 0 Å². The van der Waals surface area contributed by atoms with Gasteiger partial charge in [0.15, 0.2) is 0 Å². The number of rotatable bonds is 9. The van der Waals surface area contributed by atoms with Gasteiger partial charge in [0, 0.05) is 18.3 Å². The molecular weight excluding hydrogens is 475 g/mol. The fourth-order valence-electron chi connectivity index (χ4n) is 4.09. The molecule has 2 aromatic rings. The lowest BCUT2D eigenvalue weighted by atomic mass is 9.95. The molecule has 33 heavy (non-hydrogen) atoms. The predicted molar refractivity (Wildman–Crippen MR) is 139 cm³/mol. The molecule has 0 radical (unpaired) electrons. The Kier molecular flexibility index (Phi) is 9.96. The van der Waals surface area contributed by atoms with Gasteiger partial charge in [0.05, 0.1) is 15.8 Å². The van der Waals surface area contributed by atoms with E-state index in [0.717, 1.165) is 42.4 Å². The molecule has 0 heterocycles. The molecule has 0 aromatic heterocycles. The maximum atomic E-state index is 13.3. The lowest BCUT2D eigenvalue weighted by Crippen LogP contribution is -2.50. The van der Waals surface area contributed by atoms with Crippen LogP contribution < -0.4 is 5.32 Å². The Hall–Kier alpha value is -1.69. The molecule has 0 spiro atoms. The van der Waals surface area contributed by atoms with Crippen LogP contribution in [0.3, 0.4) is 0 Å². The van der Waals surface area contributed by atoms with Crippen LogP contribution in [0.2, 0.25) is 10.0 Å². The Balaban J connectivity index is 1.66. The first-order chi connectivity index (χ1) is 15.8.